The summed E-state index contributed by atoms with van der Waals surface area (Å²) in [6.45, 7) is 1.63. The van der Waals surface area contributed by atoms with Crippen LogP contribution in [0.15, 0.2) is 24.3 Å². The number of hydrogen-bond acceptors (Lipinski definition) is 3. The monoisotopic (exact) mass is 191 g/mol. The molecule has 3 heteroatoms. The predicted molar refractivity (Wildman–Crippen MR) is 53.2 cm³/mol. The standard InChI is InChI=1S/C11H13NO2/c13-10-3-1-8(2-4-10)5-11(14)9-6-12-7-9/h1-4,9,12-13H,5-7H2. The third-order valence-electron chi connectivity index (χ3n) is 2.55. The van der Waals surface area contributed by atoms with Crippen LogP contribution in [-0.4, -0.2) is 24.0 Å². The lowest BCUT2D eigenvalue weighted by atomic mass is 9.93. The fourth-order valence-electron chi connectivity index (χ4n) is 1.48. The molecule has 0 amide bonds. The minimum absolute atomic E-state index is 0.198. The van der Waals surface area contributed by atoms with E-state index in [1.165, 1.54) is 0 Å². The van der Waals surface area contributed by atoms with Crippen LogP contribution >= 0.6 is 0 Å². The number of carbonyl (C=O) groups is 1. The number of nitrogens with one attached hydrogen (secondary N) is 1. The number of hydrogen-bond donors (Lipinski definition) is 2. The lowest BCUT2D eigenvalue weighted by molar-refractivity contribution is -0.123. The molecule has 3 nitrogen and oxygen atoms in total. The van der Waals surface area contributed by atoms with Crippen LogP contribution in [0, 0.1) is 5.92 Å². The summed E-state index contributed by atoms with van der Waals surface area (Å²) in [5.41, 5.74) is 0.972. The molecule has 2 rings (SSSR count). The van der Waals surface area contributed by atoms with Crippen molar-refractivity contribution in [2.75, 3.05) is 13.1 Å². The first-order valence-corrected chi connectivity index (χ1v) is 4.77. The highest BCUT2D eigenvalue weighted by Crippen LogP contribution is 2.13. The maximum Gasteiger partial charge on any atom is 0.142 e. The predicted octanol–water partition coefficient (Wildman–Crippen LogP) is 0.723. The molecular formula is C11H13NO2. The van der Waals surface area contributed by atoms with Crippen molar-refractivity contribution in [2.45, 2.75) is 6.42 Å². The van der Waals surface area contributed by atoms with Gasteiger partial charge in [-0.1, -0.05) is 12.1 Å². The van der Waals surface area contributed by atoms with E-state index in [0.717, 1.165) is 18.7 Å². The van der Waals surface area contributed by atoms with E-state index in [9.17, 15) is 4.79 Å². The molecule has 0 radical (unpaired) electrons. The largest absolute Gasteiger partial charge is 0.508 e. The number of phenols is 1. The number of ketones is 1. The van der Waals surface area contributed by atoms with Crippen LogP contribution in [0.4, 0.5) is 0 Å². The van der Waals surface area contributed by atoms with E-state index < -0.39 is 0 Å². The van der Waals surface area contributed by atoms with Crippen LogP contribution in [0.5, 0.6) is 5.75 Å². The van der Waals surface area contributed by atoms with Gasteiger partial charge in [0.2, 0.25) is 0 Å². The highest BCUT2D eigenvalue weighted by Gasteiger charge is 2.24. The first-order chi connectivity index (χ1) is 6.75. The topological polar surface area (TPSA) is 49.3 Å². The summed E-state index contributed by atoms with van der Waals surface area (Å²) < 4.78 is 0. The van der Waals surface area contributed by atoms with Gasteiger partial charge < -0.3 is 10.4 Å². The highest BCUT2D eigenvalue weighted by atomic mass is 16.3. The average molecular weight is 191 g/mol. The molecule has 2 N–H and O–H groups in total. The lowest BCUT2D eigenvalue weighted by Crippen LogP contribution is -2.47. The summed E-state index contributed by atoms with van der Waals surface area (Å²) in [7, 11) is 0. The van der Waals surface area contributed by atoms with Crippen molar-refractivity contribution in [3.05, 3.63) is 29.8 Å². The molecule has 1 fully saturated rings. The van der Waals surface area contributed by atoms with E-state index in [4.69, 9.17) is 5.11 Å². The molecular weight excluding hydrogens is 178 g/mol. The van der Waals surface area contributed by atoms with E-state index in [2.05, 4.69) is 5.32 Å². The second-order valence-corrected chi connectivity index (χ2v) is 3.66. The Morgan fingerprint density at radius 1 is 1.36 bits per heavy atom. The molecule has 74 valence electrons. The van der Waals surface area contributed by atoms with E-state index in [-0.39, 0.29) is 17.5 Å². The van der Waals surface area contributed by atoms with Gasteiger partial charge >= 0.3 is 0 Å². The summed E-state index contributed by atoms with van der Waals surface area (Å²) >= 11 is 0. The fourth-order valence-corrected chi connectivity index (χ4v) is 1.48. The summed E-state index contributed by atoms with van der Waals surface area (Å²) in [5, 5.41) is 12.1. The van der Waals surface area contributed by atoms with E-state index in [1.807, 2.05) is 0 Å². The van der Waals surface area contributed by atoms with Crippen LogP contribution in [-0.2, 0) is 11.2 Å². The third-order valence-corrected chi connectivity index (χ3v) is 2.55. The molecule has 0 aromatic heterocycles. The molecule has 0 spiro atoms. The quantitative estimate of drug-likeness (QED) is 0.740. The van der Waals surface area contributed by atoms with Crippen LogP contribution in [0.2, 0.25) is 0 Å². The van der Waals surface area contributed by atoms with Gasteiger partial charge in [0.05, 0.1) is 0 Å². The van der Waals surface area contributed by atoms with Gasteiger partial charge in [0.1, 0.15) is 11.5 Å². The molecule has 14 heavy (non-hydrogen) atoms. The minimum Gasteiger partial charge on any atom is -0.508 e. The SMILES string of the molecule is O=C(Cc1ccc(O)cc1)C1CNC1. The van der Waals surface area contributed by atoms with Gasteiger partial charge in [-0.15, -0.1) is 0 Å². The van der Waals surface area contributed by atoms with Crippen molar-refractivity contribution in [2.24, 2.45) is 5.92 Å². The van der Waals surface area contributed by atoms with E-state index in [1.54, 1.807) is 24.3 Å². The van der Waals surface area contributed by atoms with Crippen molar-refractivity contribution in [1.82, 2.24) is 5.32 Å². The normalized spacial score (nSPS) is 16.3. The maximum absolute atomic E-state index is 11.6. The summed E-state index contributed by atoms with van der Waals surface area (Å²) in [6.07, 6.45) is 0.479. The molecule has 0 atom stereocenters. The number of phenolic OH excluding ortho intramolecular Hbond substituents is 1. The van der Waals surface area contributed by atoms with Gasteiger partial charge in [-0.25, -0.2) is 0 Å². The van der Waals surface area contributed by atoms with Crippen LogP contribution in [0.1, 0.15) is 5.56 Å². The van der Waals surface area contributed by atoms with Crippen molar-refractivity contribution in [3.63, 3.8) is 0 Å². The molecule has 0 bridgehead atoms. The first-order valence-electron chi connectivity index (χ1n) is 4.77. The smallest absolute Gasteiger partial charge is 0.142 e. The Bertz CT molecular complexity index is 328. The van der Waals surface area contributed by atoms with Crippen molar-refractivity contribution in [3.8, 4) is 5.75 Å². The second kappa shape index (κ2) is 3.80. The zero-order valence-corrected chi connectivity index (χ0v) is 7.86. The summed E-state index contributed by atoms with van der Waals surface area (Å²) in [6, 6.07) is 6.81. The van der Waals surface area contributed by atoms with Crippen molar-refractivity contribution >= 4 is 5.78 Å². The molecule has 1 aliphatic rings. The summed E-state index contributed by atoms with van der Waals surface area (Å²) in [5.74, 6) is 0.727. The van der Waals surface area contributed by atoms with Gasteiger partial charge in [0.25, 0.3) is 0 Å². The first kappa shape index (κ1) is 9.21. The number of Topliss-reactive ketones (excluding diaryl/α,β-unsaturated/α-hetero) is 1. The zero-order chi connectivity index (χ0) is 9.97. The zero-order valence-electron chi connectivity index (χ0n) is 7.86. The van der Waals surface area contributed by atoms with Crippen molar-refractivity contribution < 1.29 is 9.90 Å². The molecule has 0 saturated carbocycles. The Hall–Kier alpha value is -1.35. The molecule has 1 aliphatic heterocycles. The molecule has 1 saturated heterocycles. The number of aromatic hydroxyl groups is 1. The number of benzene rings is 1. The van der Waals surface area contributed by atoms with E-state index >= 15 is 0 Å². The Balaban J connectivity index is 1.96. The number of rotatable bonds is 3. The van der Waals surface area contributed by atoms with Gasteiger partial charge in [-0.2, -0.15) is 0 Å². The minimum atomic E-state index is 0.198. The summed E-state index contributed by atoms with van der Waals surface area (Å²) in [4.78, 5) is 11.6. The van der Waals surface area contributed by atoms with Crippen LogP contribution < -0.4 is 5.32 Å². The average Bonchev–Trinajstić information content (AvgIpc) is 2.06. The van der Waals surface area contributed by atoms with Gasteiger partial charge in [-0.3, -0.25) is 4.79 Å². The van der Waals surface area contributed by atoms with Gasteiger partial charge in [0, 0.05) is 25.4 Å². The Kier molecular flexibility index (Phi) is 2.50. The van der Waals surface area contributed by atoms with Gasteiger partial charge in [0.15, 0.2) is 0 Å². The molecule has 0 unspecified atom stereocenters. The Morgan fingerprint density at radius 2 is 2.00 bits per heavy atom. The second-order valence-electron chi connectivity index (χ2n) is 3.66. The number of carbonyl (C=O) groups excluding carboxylic acids is 1. The Morgan fingerprint density at radius 3 is 2.50 bits per heavy atom. The molecule has 1 aromatic rings. The Labute approximate surface area is 82.8 Å². The fraction of sp³-hybridized carbons (Fsp3) is 0.364. The van der Waals surface area contributed by atoms with Crippen LogP contribution in [0.3, 0.4) is 0 Å². The maximum atomic E-state index is 11.6. The lowest BCUT2D eigenvalue weighted by Gasteiger charge is -2.25. The highest BCUT2D eigenvalue weighted by molar-refractivity contribution is 5.84. The van der Waals surface area contributed by atoms with E-state index in [0.29, 0.717) is 6.42 Å². The van der Waals surface area contributed by atoms with Crippen LogP contribution in [0.25, 0.3) is 0 Å². The third kappa shape index (κ3) is 1.93. The molecule has 1 aromatic carbocycles. The van der Waals surface area contributed by atoms with Crippen molar-refractivity contribution in [1.29, 1.82) is 0 Å². The molecule has 1 heterocycles. The molecule has 0 aliphatic carbocycles. The van der Waals surface area contributed by atoms with Gasteiger partial charge in [-0.05, 0) is 17.7 Å².